The van der Waals surface area contributed by atoms with E-state index in [1.165, 1.54) is 0 Å². The Labute approximate surface area is 133 Å². The molecular formula is C16H14ClN5. The third-order valence-corrected chi connectivity index (χ3v) is 3.10. The molecule has 0 bridgehead atoms. The van der Waals surface area contributed by atoms with Crippen LogP contribution in [0.1, 0.15) is 17.1 Å². The molecule has 0 radical (unpaired) electrons. The van der Waals surface area contributed by atoms with Crippen LogP contribution in [0.2, 0.25) is 5.15 Å². The molecule has 2 N–H and O–H groups in total. The predicted octanol–water partition coefficient (Wildman–Crippen LogP) is 4.08. The normalized spacial score (nSPS) is 11.0. The summed E-state index contributed by atoms with van der Waals surface area (Å²) < 4.78 is 0. The van der Waals surface area contributed by atoms with Gasteiger partial charge in [-0.2, -0.15) is 5.10 Å². The van der Waals surface area contributed by atoms with Crippen LogP contribution >= 0.6 is 11.6 Å². The maximum atomic E-state index is 6.05. The fourth-order valence-electron chi connectivity index (χ4n) is 1.93. The lowest BCUT2D eigenvalue weighted by atomic mass is 10.2. The largest absolute Gasteiger partial charge is 0.325 e. The summed E-state index contributed by atoms with van der Waals surface area (Å²) in [4.78, 5) is 8.61. The number of benzene rings is 1. The predicted molar refractivity (Wildman–Crippen MR) is 89.0 cm³/mol. The Morgan fingerprint density at radius 3 is 2.64 bits per heavy atom. The molecule has 2 heterocycles. The fraction of sp³-hybridized carbons (Fsp3) is 0.0625. The molecule has 110 valence electrons. The molecule has 1 aromatic carbocycles. The van der Waals surface area contributed by atoms with Gasteiger partial charge in [0.1, 0.15) is 16.8 Å². The second-order valence-electron chi connectivity index (χ2n) is 4.73. The number of nitrogens with one attached hydrogen (secondary N) is 2. The summed E-state index contributed by atoms with van der Waals surface area (Å²) in [5.41, 5.74) is 1.97. The van der Waals surface area contributed by atoms with E-state index in [4.69, 9.17) is 11.6 Å². The van der Waals surface area contributed by atoms with Crippen molar-refractivity contribution in [2.24, 2.45) is 0 Å². The van der Waals surface area contributed by atoms with Crippen molar-refractivity contribution in [3.8, 4) is 0 Å². The average Bonchev–Trinajstić information content (AvgIpc) is 2.91. The Kier molecular flexibility index (Phi) is 4.16. The first-order chi connectivity index (χ1) is 10.7. The lowest BCUT2D eigenvalue weighted by Crippen LogP contribution is -1.97. The van der Waals surface area contributed by atoms with Crippen LogP contribution in [-0.2, 0) is 0 Å². The van der Waals surface area contributed by atoms with Crippen molar-refractivity contribution in [2.75, 3.05) is 5.32 Å². The SMILES string of the molecule is Cc1cc(Nc2cc(Cl)nc(C=Cc3ccccc3)n2)[nH]n1. The summed E-state index contributed by atoms with van der Waals surface area (Å²) in [6.45, 7) is 1.91. The first-order valence-corrected chi connectivity index (χ1v) is 7.13. The molecule has 2 aromatic heterocycles. The number of anilines is 2. The highest BCUT2D eigenvalue weighted by Crippen LogP contribution is 2.17. The molecule has 22 heavy (non-hydrogen) atoms. The number of halogens is 1. The minimum Gasteiger partial charge on any atom is -0.325 e. The summed E-state index contributed by atoms with van der Waals surface area (Å²) in [5.74, 6) is 1.90. The summed E-state index contributed by atoms with van der Waals surface area (Å²) in [6, 6.07) is 13.5. The number of nitrogens with zero attached hydrogens (tertiary/aromatic N) is 3. The smallest absolute Gasteiger partial charge is 0.156 e. The van der Waals surface area contributed by atoms with E-state index in [1.807, 2.05) is 55.5 Å². The number of hydrogen-bond donors (Lipinski definition) is 2. The van der Waals surface area contributed by atoms with Gasteiger partial charge in [0, 0.05) is 12.1 Å². The Morgan fingerprint density at radius 1 is 1.09 bits per heavy atom. The van der Waals surface area contributed by atoms with Crippen LogP contribution in [0.5, 0.6) is 0 Å². The van der Waals surface area contributed by atoms with Crippen molar-refractivity contribution < 1.29 is 0 Å². The van der Waals surface area contributed by atoms with E-state index in [9.17, 15) is 0 Å². The van der Waals surface area contributed by atoms with Gasteiger partial charge in [0.25, 0.3) is 0 Å². The second-order valence-corrected chi connectivity index (χ2v) is 5.11. The highest BCUT2D eigenvalue weighted by atomic mass is 35.5. The fourth-order valence-corrected chi connectivity index (χ4v) is 2.12. The van der Waals surface area contributed by atoms with Gasteiger partial charge in [-0.3, -0.25) is 5.10 Å². The van der Waals surface area contributed by atoms with E-state index in [0.717, 1.165) is 17.1 Å². The van der Waals surface area contributed by atoms with Crippen LogP contribution < -0.4 is 5.32 Å². The summed E-state index contributed by atoms with van der Waals surface area (Å²) in [7, 11) is 0. The summed E-state index contributed by atoms with van der Waals surface area (Å²) >= 11 is 6.05. The standard InChI is InChI=1S/C16H14ClN5/c1-11-9-16(22-21-11)20-15-10-13(17)18-14(19-15)8-7-12-5-3-2-4-6-12/h2-10H,1H3,(H2,18,19,20,21,22). The molecule has 0 spiro atoms. The minimum absolute atomic E-state index is 0.376. The topological polar surface area (TPSA) is 66.5 Å². The van der Waals surface area contributed by atoms with E-state index in [2.05, 4.69) is 25.5 Å². The van der Waals surface area contributed by atoms with Crippen molar-refractivity contribution in [1.82, 2.24) is 20.2 Å². The van der Waals surface area contributed by atoms with Crippen molar-refractivity contribution >= 4 is 35.4 Å². The van der Waals surface area contributed by atoms with Gasteiger partial charge in [0.2, 0.25) is 0 Å². The average molecular weight is 312 g/mol. The molecule has 0 unspecified atom stereocenters. The van der Waals surface area contributed by atoms with E-state index in [0.29, 0.717) is 16.8 Å². The number of aryl methyl sites for hydroxylation is 1. The Morgan fingerprint density at radius 2 is 1.91 bits per heavy atom. The minimum atomic E-state index is 0.376. The highest BCUT2D eigenvalue weighted by Gasteiger charge is 2.03. The van der Waals surface area contributed by atoms with Crippen LogP contribution in [0.15, 0.2) is 42.5 Å². The second kappa shape index (κ2) is 6.41. The molecule has 0 aliphatic rings. The van der Waals surface area contributed by atoms with Crippen molar-refractivity contribution in [3.63, 3.8) is 0 Å². The third-order valence-electron chi connectivity index (χ3n) is 2.91. The van der Waals surface area contributed by atoms with Crippen LogP contribution in [0, 0.1) is 6.92 Å². The zero-order valence-corrected chi connectivity index (χ0v) is 12.7. The van der Waals surface area contributed by atoms with Gasteiger partial charge in [-0.25, -0.2) is 9.97 Å². The van der Waals surface area contributed by atoms with Crippen LogP contribution in [0.4, 0.5) is 11.6 Å². The van der Waals surface area contributed by atoms with Crippen molar-refractivity contribution in [2.45, 2.75) is 6.92 Å². The van der Waals surface area contributed by atoms with E-state index < -0.39 is 0 Å². The highest BCUT2D eigenvalue weighted by molar-refractivity contribution is 6.29. The number of H-pyrrole nitrogens is 1. The molecule has 6 heteroatoms. The van der Waals surface area contributed by atoms with Gasteiger partial charge < -0.3 is 5.32 Å². The number of hydrogen-bond acceptors (Lipinski definition) is 4. The van der Waals surface area contributed by atoms with Gasteiger partial charge in [-0.05, 0) is 18.6 Å². The van der Waals surface area contributed by atoms with Crippen molar-refractivity contribution in [1.29, 1.82) is 0 Å². The molecule has 0 saturated carbocycles. The van der Waals surface area contributed by atoms with E-state index in [1.54, 1.807) is 6.07 Å². The Bertz CT molecular complexity index is 795. The van der Waals surface area contributed by atoms with Gasteiger partial charge in [0.15, 0.2) is 5.82 Å². The van der Waals surface area contributed by atoms with Crippen LogP contribution in [-0.4, -0.2) is 20.2 Å². The Hall–Kier alpha value is -2.66. The zero-order chi connectivity index (χ0) is 15.4. The summed E-state index contributed by atoms with van der Waals surface area (Å²) in [5, 5.41) is 10.4. The number of aromatic amines is 1. The first kappa shape index (κ1) is 14.3. The van der Waals surface area contributed by atoms with E-state index >= 15 is 0 Å². The maximum absolute atomic E-state index is 6.05. The molecule has 0 saturated heterocycles. The van der Waals surface area contributed by atoms with Gasteiger partial charge in [0.05, 0.1) is 5.69 Å². The molecule has 0 aliphatic heterocycles. The molecule has 0 amide bonds. The zero-order valence-electron chi connectivity index (χ0n) is 11.9. The Balaban J connectivity index is 1.82. The molecule has 0 atom stereocenters. The molecular weight excluding hydrogens is 298 g/mol. The van der Waals surface area contributed by atoms with E-state index in [-0.39, 0.29) is 0 Å². The van der Waals surface area contributed by atoms with Gasteiger partial charge in [-0.15, -0.1) is 0 Å². The number of aromatic nitrogens is 4. The van der Waals surface area contributed by atoms with Crippen LogP contribution in [0.25, 0.3) is 12.2 Å². The monoisotopic (exact) mass is 311 g/mol. The third kappa shape index (κ3) is 3.71. The molecule has 3 aromatic rings. The maximum Gasteiger partial charge on any atom is 0.156 e. The number of rotatable bonds is 4. The van der Waals surface area contributed by atoms with Gasteiger partial charge in [-0.1, -0.05) is 48.0 Å². The first-order valence-electron chi connectivity index (χ1n) is 6.76. The molecule has 3 rings (SSSR count). The lowest BCUT2D eigenvalue weighted by molar-refractivity contribution is 1.04. The molecule has 0 aliphatic carbocycles. The van der Waals surface area contributed by atoms with Gasteiger partial charge >= 0.3 is 0 Å². The summed E-state index contributed by atoms with van der Waals surface area (Å²) in [6.07, 6.45) is 3.76. The van der Waals surface area contributed by atoms with Crippen molar-refractivity contribution in [3.05, 3.63) is 64.7 Å². The lowest BCUT2D eigenvalue weighted by Gasteiger charge is -2.04. The molecule has 5 nitrogen and oxygen atoms in total. The molecule has 0 fully saturated rings. The quantitative estimate of drug-likeness (QED) is 0.713. The van der Waals surface area contributed by atoms with Crippen LogP contribution in [0.3, 0.4) is 0 Å².